The van der Waals surface area contributed by atoms with Crippen LogP contribution in [-0.4, -0.2) is 11.7 Å². The third kappa shape index (κ3) is 3.12. The second-order valence-electron chi connectivity index (χ2n) is 7.22. The topological polar surface area (TPSA) is 46.2 Å². The minimum absolute atomic E-state index is 0.101. The average molecular weight is 321 g/mol. The van der Waals surface area contributed by atoms with E-state index >= 15 is 0 Å². The van der Waals surface area contributed by atoms with Gasteiger partial charge in [0.05, 0.1) is 5.57 Å². The maximum absolute atomic E-state index is 12.3. The highest BCUT2D eigenvalue weighted by atomic mass is 16.2. The first-order valence-corrected chi connectivity index (χ1v) is 8.43. The van der Waals surface area contributed by atoms with E-state index in [2.05, 4.69) is 26.1 Å². The van der Waals surface area contributed by atoms with Crippen molar-refractivity contribution in [1.82, 2.24) is 0 Å². The number of allylic oxidation sites excluding steroid dienone is 5. The lowest BCUT2D eigenvalue weighted by molar-refractivity contribution is -0.112. The molecule has 1 N–H and O–H groups in total. The molecule has 3 heteroatoms. The van der Waals surface area contributed by atoms with Gasteiger partial charge in [0.1, 0.15) is 0 Å². The van der Waals surface area contributed by atoms with Gasteiger partial charge in [0, 0.05) is 11.3 Å². The van der Waals surface area contributed by atoms with Crippen LogP contribution in [0, 0.1) is 5.41 Å². The van der Waals surface area contributed by atoms with E-state index in [1.54, 1.807) is 6.08 Å². The van der Waals surface area contributed by atoms with Crippen molar-refractivity contribution in [3.05, 3.63) is 59.2 Å². The van der Waals surface area contributed by atoms with Crippen molar-refractivity contribution in [2.75, 3.05) is 5.32 Å². The lowest BCUT2D eigenvalue weighted by Gasteiger charge is -2.32. The average Bonchev–Trinajstić information content (AvgIpc) is 2.82. The third-order valence-corrected chi connectivity index (χ3v) is 4.95. The highest BCUT2D eigenvalue weighted by Crippen LogP contribution is 2.40. The van der Waals surface area contributed by atoms with Crippen LogP contribution in [0.15, 0.2) is 53.6 Å². The summed E-state index contributed by atoms with van der Waals surface area (Å²) >= 11 is 0. The summed E-state index contributed by atoms with van der Waals surface area (Å²) in [5.74, 6) is -0.370. The fraction of sp³-hybridized carbons (Fsp3) is 0.333. The molecule has 1 aliphatic heterocycles. The summed E-state index contributed by atoms with van der Waals surface area (Å²) in [5, 5.41) is 2.79. The van der Waals surface area contributed by atoms with Crippen molar-refractivity contribution in [2.45, 2.75) is 40.0 Å². The van der Waals surface area contributed by atoms with Gasteiger partial charge in [-0.2, -0.15) is 0 Å². The molecular weight excluding hydrogens is 298 g/mol. The Morgan fingerprint density at radius 2 is 2.00 bits per heavy atom. The number of fused-ring (bicyclic) bond motifs is 1. The molecule has 0 atom stereocenters. The Labute approximate surface area is 143 Å². The van der Waals surface area contributed by atoms with E-state index < -0.39 is 0 Å². The number of anilines is 1. The minimum Gasteiger partial charge on any atom is -0.321 e. The summed E-state index contributed by atoms with van der Waals surface area (Å²) in [7, 11) is 0. The molecule has 124 valence electrons. The van der Waals surface area contributed by atoms with Crippen molar-refractivity contribution in [2.24, 2.45) is 5.41 Å². The normalized spacial score (nSPS) is 21.3. The Balaban J connectivity index is 1.85. The molecule has 24 heavy (non-hydrogen) atoms. The second-order valence-corrected chi connectivity index (χ2v) is 7.22. The standard InChI is InChI=1S/C21H23NO2/c1-14-7-6-12-21(2,3)18(14)11-10-15(23)13-17-16-8-4-5-9-19(16)22-20(17)24/h4-5,8-11,13H,6-7,12H2,1-3H3,(H,22,24)/b11-10+,17-13+. The van der Waals surface area contributed by atoms with Crippen molar-refractivity contribution in [3.8, 4) is 0 Å². The van der Waals surface area contributed by atoms with Gasteiger partial charge >= 0.3 is 0 Å². The fourth-order valence-corrected chi connectivity index (χ4v) is 3.65. The van der Waals surface area contributed by atoms with Crippen LogP contribution in [0.5, 0.6) is 0 Å². The van der Waals surface area contributed by atoms with E-state index in [9.17, 15) is 9.59 Å². The SMILES string of the molecule is CC1=C(/C=C/C(=O)/C=C2/C(=O)Nc3ccccc32)C(C)(C)CCC1. The van der Waals surface area contributed by atoms with Gasteiger partial charge in [-0.3, -0.25) is 9.59 Å². The number of para-hydroxylation sites is 1. The van der Waals surface area contributed by atoms with Crippen molar-refractivity contribution >= 4 is 23.0 Å². The lowest BCUT2D eigenvalue weighted by atomic mass is 9.72. The molecule has 0 unspecified atom stereocenters. The van der Waals surface area contributed by atoms with Crippen LogP contribution >= 0.6 is 0 Å². The van der Waals surface area contributed by atoms with E-state index in [0.717, 1.165) is 24.1 Å². The van der Waals surface area contributed by atoms with Crippen LogP contribution in [-0.2, 0) is 9.59 Å². The van der Waals surface area contributed by atoms with Gasteiger partial charge in [0.15, 0.2) is 5.78 Å². The summed E-state index contributed by atoms with van der Waals surface area (Å²) < 4.78 is 0. The van der Waals surface area contributed by atoms with E-state index in [4.69, 9.17) is 0 Å². The van der Waals surface area contributed by atoms with Crippen molar-refractivity contribution in [3.63, 3.8) is 0 Å². The Morgan fingerprint density at radius 3 is 2.75 bits per heavy atom. The predicted octanol–water partition coefficient (Wildman–Crippen LogP) is 4.67. The number of ketones is 1. The molecule has 1 amide bonds. The molecule has 3 nitrogen and oxygen atoms in total. The van der Waals surface area contributed by atoms with Crippen LogP contribution in [0.4, 0.5) is 5.69 Å². The van der Waals surface area contributed by atoms with Gasteiger partial charge in [0.25, 0.3) is 5.91 Å². The monoisotopic (exact) mass is 321 g/mol. The highest BCUT2D eigenvalue weighted by Gasteiger charge is 2.27. The molecule has 0 saturated carbocycles. The van der Waals surface area contributed by atoms with Gasteiger partial charge in [-0.05, 0) is 55.4 Å². The number of nitrogens with one attached hydrogen (secondary N) is 1. The number of hydrogen-bond donors (Lipinski definition) is 1. The molecule has 0 spiro atoms. The third-order valence-electron chi connectivity index (χ3n) is 4.95. The molecule has 0 fully saturated rings. The zero-order valence-electron chi connectivity index (χ0n) is 14.5. The number of carbonyl (C=O) groups is 2. The fourth-order valence-electron chi connectivity index (χ4n) is 3.65. The zero-order valence-corrected chi connectivity index (χ0v) is 14.5. The molecule has 1 aromatic rings. The Hall–Kier alpha value is -2.42. The number of rotatable bonds is 3. The number of benzene rings is 1. The summed E-state index contributed by atoms with van der Waals surface area (Å²) in [5.41, 5.74) is 4.69. The first-order chi connectivity index (χ1) is 11.4. The molecule has 0 bridgehead atoms. The van der Waals surface area contributed by atoms with Crippen LogP contribution < -0.4 is 5.32 Å². The number of hydrogen-bond acceptors (Lipinski definition) is 2. The molecule has 2 aliphatic rings. The molecule has 1 heterocycles. The molecule has 0 saturated heterocycles. The van der Waals surface area contributed by atoms with E-state index in [0.29, 0.717) is 5.57 Å². The molecule has 1 aromatic carbocycles. The molecule has 0 radical (unpaired) electrons. The van der Waals surface area contributed by atoms with Gasteiger partial charge < -0.3 is 5.32 Å². The van der Waals surface area contributed by atoms with Crippen LogP contribution in [0.3, 0.4) is 0 Å². The van der Waals surface area contributed by atoms with Gasteiger partial charge in [-0.25, -0.2) is 0 Å². The quantitative estimate of drug-likeness (QED) is 0.822. The lowest BCUT2D eigenvalue weighted by Crippen LogP contribution is -2.19. The van der Waals surface area contributed by atoms with E-state index in [1.165, 1.54) is 23.6 Å². The highest BCUT2D eigenvalue weighted by molar-refractivity contribution is 6.34. The smallest absolute Gasteiger partial charge is 0.256 e. The first-order valence-electron chi connectivity index (χ1n) is 8.43. The van der Waals surface area contributed by atoms with Crippen molar-refractivity contribution in [1.29, 1.82) is 0 Å². The summed E-state index contributed by atoms with van der Waals surface area (Å²) in [6.07, 6.45) is 8.39. The first kappa shape index (κ1) is 16.4. The zero-order chi connectivity index (χ0) is 17.3. The maximum Gasteiger partial charge on any atom is 0.256 e. The van der Waals surface area contributed by atoms with E-state index in [1.807, 2.05) is 30.3 Å². The largest absolute Gasteiger partial charge is 0.321 e. The number of amides is 1. The van der Waals surface area contributed by atoms with Crippen LogP contribution in [0.2, 0.25) is 0 Å². The Morgan fingerprint density at radius 1 is 1.25 bits per heavy atom. The van der Waals surface area contributed by atoms with Gasteiger partial charge in [0.2, 0.25) is 0 Å². The Bertz CT molecular complexity index is 794. The van der Waals surface area contributed by atoms with Crippen LogP contribution in [0.1, 0.15) is 45.6 Å². The maximum atomic E-state index is 12.3. The molecule has 3 rings (SSSR count). The molecule has 0 aromatic heterocycles. The summed E-state index contributed by atoms with van der Waals surface area (Å²) in [6, 6.07) is 7.43. The summed E-state index contributed by atoms with van der Waals surface area (Å²) in [4.78, 5) is 24.4. The van der Waals surface area contributed by atoms with Crippen molar-refractivity contribution < 1.29 is 9.59 Å². The Kier molecular flexibility index (Phi) is 4.27. The van der Waals surface area contributed by atoms with E-state index in [-0.39, 0.29) is 17.1 Å². The predicted molar refractivity (Wildman–Crippen MR) is 97.5 cm³/mol. The van der Waals surface area contributed by atoms with Gasteiger partial charge in [-0.15, -0.1) is 0 Å². The molecule has 1 aliphatic carbocycles. The van der Waals surface area contributed by atoms with Crippen LogP contribution in [0.25, 0.3) is 5.57 Å². The summed E-state index contributed by atoms with van der Waals surface area (Å²) in [6.45, 7) is 6.59. The number of carbonyl (C=O) groups excluding carboxylic acids is 2. The minimum atomic E-state index is -0.216. The second kappa shape index (κ2) is 6.23. The molecular formula is C21H23NO2. The van der Waals surface area contributed by atoms with Gasteiger partial charge in [-0.1, -0.05) is 43.7 Å².